The molecule has 0 atom stereocenters. The summed E-state index contributed by atoms with van der Waals surface area (Å²) >= 11 is 1.30. The van der Waals surface area contributed by atoms with Crippen LogP contribution in [0, 0.1) is 0 Å². The SMILES string of the molecule is CCCn1nnnc1CSc1nc(CC(=O)OC)cc(=O)[nH]1. The summed E-state index contributed by atoms with van der Waals surface area (Å²) in [4.78, 5) is 29.7. The molecule has 0 aromatic carbocycles. The third-order valence-corrected chi connectivity index (χ3v) is 3.57. The number of ether oxygens (including phenoxy) is 1. The number of nitrogens with zero attached hydrogens (tertiary/aromatic N) is 5. The normalized spacial score (nSPS) is 10.6. The quantitative estimate of drug-likeness (QED) is 0.435. The highest BCUT2D eigenvalue weighted by Crippen LogP contribution is 2.16. The molecule has 0 unspecified atom stereocenters. The molecule has 0 amide bonds. The van der Waals surface area contributed by atoms with Gasteiger partial charge in [-0.25, -0.2) is 9.67 Å². The Labute approximate surface area is 130 Å². The van der Waals surface area contributed by atoms with Crippen LogP contribution in [0.2, 0.25) is 0 Å². The van der Waals surface area contributed by atoms with E-state index in [0.717, 1.165) is 13.0 Å². The van der Waals surface area contributed by atoms with Gasteiger partial charge in [-0.2, -0.15) is 0 Å². The topological polar surface area (TPSA) is 116 Å². The molecule has 0 aliphatic carbocycles. The molecule has 118 valence electrons. The number of rotatable bonds is 7. The minimum Gasteiger partial charge on any atom is -0.469 e. The number of carbonyl (C=O) groups is 1. The molecule has 2 aromatic rings. The lowest BCUT2D eigenvalue weighted by molar-refractivity contribution is -0.139. The minimum absolute atomic E-state index is 0.0401. The Bertz CT molecular complexity index is 698. The van der Waals surface area contributed by atoms with Crippen LogP contribution in [0.15, 0.2) is 16.0 Å². The zero-order valence-electron chi connectivity index (χ0n) is 12.3. The fraction of sp³-hybridized carbons (Fsp3) is 0.500. The van der Waals surface area contributed by atoms with Crippen molar-refractivity contribution in [2.24, 2.45) is 0 Å². The van der Waals surface area contributed by atoms with Gasteiger partial charge in [0.25, 0.3) is 5.56 Å². The van der Waals surface area contributed by atoms with Gasteiger partial charge in [-0.05, 0) is 16.8 Å². The van der Waals surface area contributed by atoms with Crippen LogP contribution >= 0.6 is 11.8 Å². The second-order valence-electron chi connectivity index (χ2n) is 4.40. The summed E-state index contributed by atoms with van der Waals surface area (Å²) < 4.78 is 6.28. The first-order valence-electron chi connectivity index (χ1n) is 6.67. The number of aromatic nitrogens is 6. The monoisotopic (exact) mass is 324 g/mol. The van der Waals surface area contributed by atoms with E-state index in [-0.39, 0.29) is 12.0 Å². The summed E-state index contributed by atoms with van der Waals surface area (Å²) in [6, 6.07) is 1.28. The van der Waals surface area contributed by atoms with E-state index >= 15 is 0 Å². The molecule has 2 aromatic heterocycles. The molecule has 1 N–H and O–H groups in total. The van der Waals surface area contributed by atoms with E-state index < -0.39 is 5.97 Å². The molecule has 22 heavy (non-hydrogen) atoms. The van der Waals surface area contributed by atoms with Crippen LogP contribution in [0.4, 0.5) is 0 Å². The maximum absolute atomic E-state index is 11.6. The third kappa shape index (κ3) is 4.38. The molecule has 0 saturated heterocycles. The fourth-order valence-electron chi connectivity index (χ4n) is 1.71. The van der Waals surface area contributed by atoms with Gasteiger partial charge in [-0.3, -0.25) is 9.59 Å². The summed E-state index contributed by atoms with van der Waals surface area (Å²) in [6.07, 6.45) is 0.883. The lowest BCUT2D eigenvalue weighted by atomic mass is 10.3. The van der Waals surface area contributed by atoms with Gasteiger partial charge in [-0.15, -0.1) is 5.10 Å². The summed E-state index contributed by atoms with van der Waals surface area (Å²) in [7, 11) is 1.29. The molecule has 0 spiro atoms. The van der Waals surface area contributed by atoms with Gasteiger partial charge in [0.05, 0.1) is 25.0 Å². The molecule has 9 nitrogen and oxygen atoms in total. The van der Waals surface area contributed by atoms with Gasteiger partial charge < -0.3 is 9.72 Å². The van der Waals surface area contributed by atoms with E-state index in [2.05, 4.69) is 30.2 Å². The number of aryl methyl sites for hydroxylation is 1. The number of aromatic amines is 1. The summed E-state index contributed by atoms with van der Waals surface area (Å²) in [6.45, 7) is 2.77. The first-order chi connectivity index (χ1) is 10.6. The van der Waals surface area contributed by atoms with Gasteiger partial charge in [0.1, 0.15) is 0 Å². The number of nitrogens with one attached hydrogen (secondary N) is 1. The Balaban J connectivity index is 2.07. The number of hydrogen-bond donors (Lipinski definition) is 1. The molecule has 2 heterocycles. The zero-order valence-corrected chi connectivity index (χ0v) is 13.1. The van der Waals surface area contributed by atoms with Crippen LogP contribution in [-0.2, 0) is 28.2 Å². The summed E-state index contributed by atoms with van der Waals surface area (Å²) in [5.41, 5.74) is 0.0517. The first-order valence-corrected chi connectivity index (χ1v) is 7.65. The van der Waals surface area contributed by atoms with Crippen LogP contribution in [0.5, 0.6) is 0 Å². The fourth-order valence-corrected chi connectivity index (χ4v) is 2.53. The highest BCUT2D eigenvalue weighted by molar-refractivity contribution is 7.98. The number of esters is 1. The zero-order chi connectivity index (χ0) is 15.9. The summed E-state index contributed by atoms with van der Waals surface area (Å²) in [5, 5.41) is 11.9. The number of thioether (sulfide) groups is 1. The van der Waals surface area contributed by atoms with E-state index in [1.807, 2.05) is 6.92 Å². The second-order valence-corrected chi connectivity index (χ2v) is 5.37. The van der Waals surface area contributed by atoms with Gasteiger partial charge in [-0.1, -0.05) is 18.7 Å². The number of carbonyl (C=O) groups excluding carboxylic acids is 1. The van der Waals surface area contributed by atoms with Gasteiger partial charge in [0, 0.05) is 12.6 Å². The first kappa shape index (κ1) is 16.1. The Morgan fingerprint density at radius 3 is 3.05 bits per heavy atom. The average Bonchev–Trinajstić information content (AvgIpc) is 2.92. The Morgan fingerprint density at radius 1 is 1.50 bits per heavy atom. The lowest BCUT2D eigenvalue weighted by Gasteiger charge is -2.04. The average molecular weight is 324 g/mol. The van der Waals surface area contributed by atoms with Crippen molar-refractivity contribution in [1.29, 1.82) is 0 Å². The van der Waals surface area contributed by atoms with Crippen molar-refractivity contribution >= 4 is 17.7 Å². The van der Waals surface area contributed by atoms with E-state index in [9.17, 15) is 9.59 Å². The molecule has 0 aliphatic rings. The Kier molecular flexibility index (Phi) is 5.64. The predicted octanol–water partition coefficient (Wildman–Crippen LogP) is 0.174. The molecule has 0 fully saturated rings. The number of H-pyrrole nitrogens is 1. The maximum atomic E-state index is 11.6. The molecule has 0 radical (unpaired) electrons. The van der Waals surface area contributed by atoms with Crippen molar-refractivity contribution in [1.82, 2.24) is 30.2 Å². The van der Waals surface area contributed by atoms with E-state index in [4.69, 9.17) is 0 Å². The standard InChI is InChI=1S/C12H16N6O3S/c1-3-4-18-9(15-16-17-18)7-22-12-13-8(5-10(19)14-12)6-11(20)21-2/h5H,3-4,6-7H2,1-2H3,(H,13,14,19). The van der Waals surface area contributed by atoms with Gasteiger partial charge in [0.15, 0.2) is 11.0 Å². The number of hydrogen-bond acceptors (Lipinski definition) is 8. The van der Waals surface area contributed by atoms with Crippen LogP contribution in [0.25, 0.3) is 0 Å². The largest absolute Gasteiger partial charge is 0.469 e. The van der Waals surface area contributed by atoms with Crippen LogP contribution < -0.4 is 5.56 Å². The Morgan fingerprint density at radius 2 is 2.32 bits per heavy atom. The molecule has 0 saturated carbocycles. The minimum atomic E-state index is -0.444. The third-order valence-electron chi connectivity index (χ3n) is 2.71. The molecular formula is C12H16N6O3S. The highest BCUT2D eigenvalue weighted by Gasteiger charge is 2.10. The van der Waals surface area contributed by atoms with Crippen LogP contribution in [0.1, 0.15) is 24.9 Å². The lowest BCUT2D eigenvalue weighted by Crippen LogP contribution is -2.14. The van der Waals surface area contributed by atoms with Crippen LogP contribution in [-0.4, -0.2) is 43.3 Å². The predicted molar refractivity (Wildman–Crippen MR) is 78.2 cm³/mol. The van der Waals surface area contributed by atoms with Crippen molar-refractivity contribution in [3.8, 4) is 0 Å². The molecule has 2 rings (SSSR count). The highest BCUT2D eigenvalue weighted by atomic mass is 32.2. The smallest absolute Gasteiger partial charge is 0.311 e. The molecular weight excluding hydrogens is 308 g/mol. The van der Waals surface area contributed by atoms with E-state index in [0.29, 0.717) is 22.4 Å². The number of tetrazole rings is 1. The number of methoxy groups -OCH3 is 1. The molecule has 0 bridgehead atoms. The van der Waals surface area contributed by atoms with E-state index in [1.165, 1.54) is 24.9 Å². The summed E-state index contributed by atoms with van der Waals surface area (Å²) in [5.74, 6) is 0.728. The van der Waals surface area contributed by atoms with Gasteiger partial charge in [0.2, 0.25) is 0 Å². The second kappa shape index (κ2) is 7.69. The van der Waals surface area contributed by atoms with Crippen molar-refractivity contribution < 1.29 is 9.53 Å². The van der Waals surface area contributed by atoms with E-state index in [1.54, 1.807) is 4.68 Å². The van der Waals surface area contributed by atoms with Crippen molar-refractivity contribution in [3.63, 3.8) is 0 Å². The van der Waals surface area contributed by atoms with Crippen molar-refractivity contribution in [2.45, 2.75) is 37.2 Å². The molecule has 10 heteroatoms. The van der Waals surface area contributed by atoms with Crippen molar-refractivity contribution in [2.75, 3.05) is 7.11 Å². The Hall–Kier alpha value is -2.23. The maximum Gasteiger partial charge on any atom is 0.311 e. The molecule has 0 aliphatic heterocycles. The van der Waals surface area contributed by atoms with Crippen molar-refractivity contribution in [3.05, 3.63) is 27.9 Å². The van der Waals surface area contributed by atoms with Crippen LogP contribution in [0.3, 0.4) is 0 Å². The van der Waals surface area contributed by atoms with Gasteiger partial charge >= 0.3 is 5.97 Å².